The molecule has 0 aliphatic heterocycles. The van der Waals surface area contributed by atoms with Crippen LogP contribution in [0.4, 0.5) is 0 Å². The molecule has 1 amide bonds. The number of hydrogen-bond acceptors (Lipinski definition) is 4. The minimum atomic E-state index is -0.778. The van der Waals surface area contributed by atoms with E-state index >= 15 is 0 Å². The Morgan fingerprint density at radius 2 is 2.00 bits per heavy atom. The van der Waals surface area contributed by atoms with Crippen molar-refractivity contribution < 1.29 is 14.3 Å². The summed E-state index contributed by atoms with van der Waals surface area (Å²) in [6, 6.07) is 2.17. The van der Waals surface area contributed by atoms with Gasteiger partial charge in [-0.25, -0.2) is 4.79 Å². The zero-order chi connectivity index (χ0) is 16.2. The first kappa shape index (κ1) is 17.4. The van der Waals surface area contributed by atoms with Crippen molar-refractivity contribution in [2.24, 2.45) is 0 Å². The smallest absolute Gasteiger partial charge is 0.328 e. The number of esters is 1. The standard InChI is InChI=1S/C14H19BrN2O4/c1-9(13(20)21-14(2,3)4)16-11(18)8-17-7-10(15)5-6-12(17)19/h5-7,9H,8H2,1-4H3,(H,16,18)/t9-/m0/s1. The molecule has 116 valence electrons. The van der Waals surface area contributed by atoms with Gasteiger partial charge in [-0.1, -0.05) is 0 Å². The highest BCUT2D eigenvalue weighted by atomic mass is 79.9. The SMILES string of the molecule is C[C@H](NC(=O)Cn1cc(Br)ccc1=O)C(=O)OC(C)(C)C. The molecule has 0 spiro atoms. The van der Waals surface area contributed by atoms with Gasteiger partial charge in [0.15, 0.2) is 0 Å². The fourth-order valence-corrected chi connectivity index (χ4v) is 1.90. The summed E-state index contributed by atoms with van der Waals surface area (Å²) >= 11 is 3.23. The molecule has 0 radical (unpaired) electrons. The van der Waals surface area contributed by atoms with Crippen molar-refractivity contribution in [2.75, 3.05) is 0 Å². The lowest BCUT2D eigenvalue weighted by Crippen LogP contribution is -2.44. The maximum Gasteiger partial charge on any atom is 0.328 e. The van der Waals surface area contributed by atoms with E-state index in [0.717, 1.165) is 0 Å². The Morgan fingerprint density at radius 3 is 2.57 bits per heavy atom. The van der Waals surface area contributed by atoms with Crippen molar-refractivity contribution in [3.05, 3.63) is 33.2 Å². The summed E-state index contributed by atoms with van der Waals surface area (Å²) in [5.41, 5.74) is -0.907. The lowest BCUT2D eigenvalue weighted by atomic mass is 10.2. The van der Waals surface area contributed by atoms with Gasteiger partial charge >= 0.3 is 5.97 Å². The van der Waals surface area contributed by atoms with E-state index in [0.29, 0.717) is 4.47 Å². The molecule has 1 atom stereocenters. The zero-order valence-electron chi connectivity index (χ0n) is 12.5. The van der Waals surface area contributed by atoms with Crippen molar-refractivity contribution in [3.63, 3.8) is 0 Å². The third kappa shape index (κ3) is 6.12. The highest BCUT2D eigenvalue weighted by Gasteiger charge is 2.23. The van der Waals surface area contributed by atoms with Gasteiger partial charge in [0.05, 0.1) is 0 Å². The van der Waals surface area contributed by atoms with E-state index in [9.17, 15) is 14.4 Å². The number of pyridine rings is 1. The fourth-order valence-electron chi connectivity index (χ4n) is 1.52. The maximum atomic E-state index is 11.9. The van der Waals surface area contributed by atoms with E-state index in [2.05, 4.69) is 21.2 Å². The summed E-state index contributed by atoms with van der Waals surface area (Å²) in [5, 5.41) is 2.51. The number of rotatable bonds is 4. The van der Waals surface area contributed by atoms with Crippen LogP contribution < -0.4 is 10.9 Å². The van der Waals surface area contributed by atoms with Crippen molar-refractivity contribution in [1.29, 1.82) is 0 Å². The van der Waals surface area contributed by atoms with Gasteiger partial charge in [-0.2, -0.15) is 0 Å². The number of carbonyl (C=O) groups excluding carboxylic acids is 2. The fraction of sp³-hybridized carbons (Fsp3) is 0.500. The van der Waals surface area contributed by atoms with Gasteiger partial charge in [-0.3, -0.25) is 9.59 Å². The third-order valence-corrected chi connectivity index (χ3v) is 2.87. The molecule has 1 aromatic heterocycles. The minimum absolute atomic E-state index is 0.161. The number of halogens is 1. The Morgan fingerprint density at radius 1 is 1.38 bits per heavy atom. The Bertz CT molecular complexity index is 589. The van der Waals surface area contributed by atoms with E-state index in [1.807, 2.05) is 0 Å². The van der Waals surface area contributed by atoms with Crippen molar-refractivity contribution in [1.82, 2.24) is 9.88 Å². The average molecular weight is 359 g/mol. The van der Waals surface area contributed by atoms with Crippen LogP contribution in [-0.2, 0) is 20.9 Å². The molecule has 1 N–H and O–H groups in total. The molecule has 1 rings (SSSR count). The molecule has 6 nitrogen and oxygen atoms in total. The average Bonchev–Trinajstić information content (AvgIpc) is 2.31. The molecule has 0 aliphatic rings. The van der Waals surface area contributed by atoms with Crippen LogP contribution in [-0.4, -0.2) is 28.1 Å². The monoisotopic (exact) mass is 358 g/mol. The highest BCUT2D eigenvalue weighted by molar-refractivity contribution is 9.10. The zero-order valence-corrected chi connectivity index (χ0v) is 14.1. The van der Waals surface area contributed by atoms with Crippen LogP contribution in [0.25, 0.3) is 0 Å². The summed E-state index contributed by atoms with van der Waals surface area (Å²) in [6.45, 7) is 6.63. The van der Waals surface area contributed by atoms with Crippen LogP contribution in [0.2, 0.25) is 0 Å². The van der Waals surface area contributed by atoms with E-state index in [4.69, 9.17) is 4.74 Å². The van der Waals surface area contributed by atoms with E-state index in [1.54, 1.807) is 26.8 Å². The first-order valence-electron chi connectivity index (χ1n) is 6.47. The molecule has 7 heteroatoms. The number of hydrogen-bond donors (Lipinski definition) is 1. The molecule has 0 aromatic carbocycles. The molecule has 0 aliphatic carbocycles. The van der Waals surface area contributed by atoms with Crippen molar-refractivity contribution >= 4 is 27.8 Å². The Balaban J connectivity index is 2.63. The second-order valence-corrected chi connectivity index (χ2v) is 6.55. The molecule has 1 heterocycles. The van der Waals surface area contributed by atoms with Crippen LogP contribution in [0.5, 0.6) is 0 Å². The maximum absolute atomic E-state index is 11.9. The van der Waals surface area contributed by atoms with Gasteiger partial charge in [-0.15, -0.1) is 0 Å². The van der Waals surface area contributed by atoms with Crippen LogP contribution in [0.1, 0.15) is 27.7 Å². The van der Waals surface area contributed by atoms with Gasteiger partial charge in [-0.05, 0) is 49.7 Å². The molecule has 0 bridgehead atoms. The quantitative estimate of drug-likeness (QED) is 0.826. The Hall–Kier alpha value is -1.63. The summed E-state index contributed by atoms with van der Waals surface area (Å²) in [5.74, 6) is -0.953. The lowest BCUT2D eigenvalue weighted by molar-refractivity contribution is -0.158. The second kappa shape index (κ2) is 6.89. The first-order valence-corrected chi connectivity index (χ1v) is 7.26. The van der Waals surface area contributed by atoms with E-state index in [-0.39, 0.29) is 12.1 Å². The summed E-state index contributed by atoms with van der Waals surface area (Å²) in [6.07, 6.45) is 1.51. The number of nitrogens with zero attached hydrogens (tertiary/aromatic N) is 1. The van der Waals surface area contributed by atoms with Gasteiger partial charge in [0, 0.05) is 16.7 Å². The molecular weight excluding hydrogens is 340 g/mol. The number of ether oxygens (including phenoxy) is 1. The summed E-state index contributed by atoms with van der Waals surface area (Å²) in [7, 11) is 0. The third-order valence-electron chi connectivity index (χ3n) is 2.40. The van der Waals surface area contributed by atoms with E-state index in [1.165, 1.54) is 23.8 Å². The Labute approximate surface area is 131 Å². The van der Waals surface area contributed by atoms with Gasteiger partial charge < -0.3 is 14.6 Å². The van der Waals surface area contributed by atoms with Gasteiger partial charge in [0.2, 0.25) is 5.91 Å². The highest BCUT2D eigenvalue weighted by Crippen LogP contribution is 2.08. The molecule has 1 aromatic rings. The number of carbonyl (C=O) groups is 2. The first-order chi connectivity index (χ1) is 9.58. The van der Waals surface area contributed by atoms with Crippen molar-refractivity contribution in [2.45, 2.75) is 45.9 Å². The molecule has 0 unspecified atom stereocenters. The van der Waals surface area contributed by atoms with Crippen LogP contribution in [0.3, 0.4) is 0 Å². The van der Waals surface area contributed by atoms with Crippen LogP contribution in [0.15, 0.2) is 27.6 Å². The summed E-state index contributed by atoms with van der Waals surface area (Å²) < 4.78 is 7.10. The molecular formula is C14H19BrN2O4. The predicted molar refractivity (Wildman–Crippen MR) is 81.9 cm³/mol. The number of amides is 1. The largest absolute Gasteiger partial charge is 0.458 e. The van der Waals surface area contributed by atoms with Crippen LogP contribution in [0, 0.1) is 0 Å². The normalized spacial score (nSPS) is 12.6. The van der Waals surface area contributed by atoms with Gasteiger partial charge in [0.1, 0.15) is 18.2 Å². The molecule has 0 saturated carbocycles. The number of aromatic nitrogens is 1. The second-order valence-electron chi connectivity index (χ2n) is 5.64. The predicted octanol–water partition coefficient (Wildman–Crippen LogP) is 1.46. The topological polar surface area (TPSA) is 77.4 Å². The molecule has 0 fully saturated rings. The van der Waals surface area contributed by atoms with E-state index < -0.39 is 23.5 Å². The lowest BCUT2D eigenvalue weighted by Gasteiger charge is -2.22. The van der Waals surface area contributed by atoms with Gasteiger partial charge in [0.25, 0.3) is 5.56 Å². The minimum Gasteiger partial charge on any atom is -0.458 e. The summed E-state index contributed by atoms with van der Waals surface area (Å²) in [4.78, 5) is 35.2. The number of nitrogens with one attached hydrogen (secondary N) is 1. The molecule has 0 saturated heterocycles. The Kier molecular flexibility index (Phi) is 5.71. The van der Waals surface area contributed by atoms with Crippen LogP contribution >= 0.6 is 15.9 Å². The van der Waals surface area contributed by atoms with Crippen molar-refractivity contribution in [3.8, 4) is 0 Å². The molecule has 21 heavy (non-hydrogen) atoms.